The molecule has 3 heterocycles. The van der Waals surface area contributed by atoms with Crippen LogP contribution >= 0.6 is 0 Å². The van der Waals surface area contributed by atoms with E-state index < -0.39 is 12.1 Å². The van der Waals surface area contributed by atoms with Crippen molar-refractivity contribution in [3.8, 4) is 5.88 Å². The van der Waals surface area contributed by atoms with Crippen LogP contribution < -0.4 is 15.0 Å². The molecule has 2 saturated heterocycles. The van der Waals surface area contributed by atoms with Gasteiger partial charge in [-0.3, -0.25) is 4.79 Å². The van der Waals surface area contributed by atoms with E-state index in [1.54, 1.807) is 13.2 Å². The highest BCUT2D eigenvalue weighted by atomic mass is 19.1. The van der Waals surface area contributed by atoms with Crippen molar-refractivity contribution < 1.29 is 33.2 Å². The summed E-state index contributed by atoms with van der Waals surface area (Å²) in [5.74, 6) is 0.0801. The summed E-state index contributed by atoms with van der Waals surface area (Å²) in [4.78, 5) is 19.4. The first-order chi connectivity index (χ1) is 15.4. The normalized spacial score (nSPS) is 18.8. The number of carbonyl (C=O) groups is 1. The number of aliphatic hydroxyl groups excluding tert-OH is 1. The van der Waals surface area contributed by atoms with Gasteiger partial charge in [-0.1, -0.05) is 13.8 Å². The number of nitrogens with zero attached hydrogens (tertiary/aromatic N) is 2. The molecule has 2 N–H and O–H groups in total. The van der Waals surface area contributed by atoms with Crippen molar-refractivity contribution in [2.24, 2.45) is 11.3 Å². The molecule has 0 bridgehead atoms. The quantitative estimate of drug-likeness (QED) is 0.426. The van der Waals surface area contributed by atoms with Gasteiger partial charge in [-0.25, -0.2) is 9.37 Å². The molecule has 2 aliphatic heterocycles. The maximum Gasteiger partial charge on any atom is 0.270 e. The lowest BCUT2D eigenvalue weighted by Crippen LogP contribution is -2.52. The highest BCUT2D eigenvalue weighted by Gasteiger charge is 2.40. The Bertz CT molecular complexity index is 750. The minimum absolute atomic E-state index is 0.00134. The Balaban J connectivity index is 1.73. The number of anilines is 1. The van der Waals surface area contributed by atoms with Crippen LogP contribution in [0.15, 0.2) is 12.1 Å². The summed E-state index contributed by atoms with van der Waals surface area (Å²) in [6, 6.07) is 3.20. The molecule has 0 aliphatic carbocycles. The molecule has 2 fully saturated rings. The van der Waals surface area contributed by atoms with Gasteiger partial charge in [0.1, 0.15) is 24.7 Å². The first-order valence-corrected chi connectivity index (χ1v) is 11.0. The lowest BCUT2D eigenvalue weighted by atomic mass is 9.88. The van der Waals surface area contributed by atoms with Gasteiger partial charge in [0, 0.05) is 20.2 Å². The minimum atomic E-state index is -0.566. The van der Waals surface area contributed by atoms with Gasteiger partial charge in [-0.15, -0.1) is 0 Å². The Hall–Kier alpha value is -2.01. The fourth-order valence-corrected chi connectivity index (χ4v) is 3.43. The van der Waals surface area contributed by atoms with Gasteiger partial charge in [0.15, 0.2) is 0 Å². The lowest BCUT2D eigenvalue weighted by Gasteiger charge is -2.41. The summed E-state index contributed by atoms with van der Waals surface area (Å²) in [6.45, 7) is 6.01. The number of methoxy groups -OCH3 is 1. The fourth-order valence-electron chi connectivity index (χ4n) is 3.43. The number of carbonyl (C=O) groups excluding carboxylic acids is 1. The first kappa shape index (κ1) is 24.6. The van der Waals surface area contributed by atoms with Crippen LogP contribution in [0.1, 0.15) is 24.3 Å². The van der Waals surface area contributed by atoms with Crippen LogP contribution in [0.4, 0.5) is 10.1 Å². The third-order valence-electron chi connectivity index (χ3n) is 5.90. The molecule has 180 valence electrons. The van der Waals surface area contributed by atoms with Crippen LogP contribution in [-0.2, 0) is 14.2 Å². The molecule has 0 aromatic carbocycles. The molecule has 32 heavy (non-hydrogen) atoms. The van der Waals surface area contributed by atoms with Crippen molar-refractivity contribution >= 4 is 11.6 Å². The molecule has 0 spiro atoms. The highest BCUT2D eigenvalue weighted by Crippen LogP contribution is 2.34. The number of aliphatic hydroxyl groups is 1. The molecule has 3 rings (SSSR count). The molecular formula is C22H34FN3O6. The molecule has 1 amide bonds. The van der Waals surface area contributed by atoms with Gasteiger partial charge >= 0.3 is 0 Å². The van der Waals surface area contributed by atoms with Crippen molar-refractivity contribution in [1.82, 2.24) is 10.3 Å². The Morgan fingerprint density at radius 3 is 2.72 bits per heavy atom. The van der Waals surface area contributed by atoms with Gasteiger partial charge in [-0.2, -0.15) is 0 Å². The summed E-state index contributed by atoms with van der Waals surface area (Å²) in [5.41, 5.74) is 0.541. The number of rotatable bonds is 13. The molecule has 0 unspecified atom stereocenters. The molecule has 10 heteroatoms. The van der Waals surface area contributed by atoms with Crippen molar-refractivity contribution in [3.63, 3.8) is 0 Å². The maximum atomic E-state index is 12.9. The van der Waals surface area contributed by atoms with Crippen LogP contribution in [0, 0.1) is 11.3 Å². The fraction of sp³-hybridized carbons (Fsp3) is 0.727. The minimum Gasteiger partial charge on any atom is -0.475 e. The van der Waals surface area contributed by atoms with E-state index in [9.17, 15) is 14.3 Å². The van der Waals surface area contributed by atoms with E-state index in [-0.39, 0.29) is 56.1 Å². The van der Waals surface area contributed by atoms with Gasteiger partial charge in [-0.05, 0) is 18.1 Å². The summed E-state index contributed by atoms with van der Waals surface area (Å²) < 4.78 is 34.2. The van der Waals surface area contributed by atoms with Gasteiger partial charge in [0.2, 0.25) is 5.88 Å². The van der Waals surface area contributed by atoms with Crippen LogP contribution in [0.3, 0.4) is 0 Å². The van der Waals surface area contributed by atoms with Gasteiger partial charge < -0.3 is 34.3 Å². The number of nitrogens with one attached hydrogen (secondary N) is 1. The van der Waals surface area contributed by atoms with E-state index in [4.69, 9.17) is 18.9 Å². The summed E-state index contributed by atoms with van der Waals surface area (Å²) in [6.07, 6.45) is 0.144. The van der Waals surface area contributed by atoms with Crippen LogP contribution in [0.5, 0.6) is 5.88 Å². The maximum absolute atomic E-state index is 12.9. The van der Waals surface area contributed by atoms with E-state index >= 15 is 0 Å². The van der Waals surface area contributed by atoms with Gasteiger partial charge in [0.05, 0.1) is 50.6 Å². The number of alkyl halides is 1. The second-order valence-corrected chi connectivity index (χ2v) is 8.81. The van der Waals surface area contributed by atoms with E-state index in [2.05, 4.69) is 15.2 Å². The molecule has 9 nitrogen and oxygen atoms in total. The molecule has 2 aliphatic rings. The third kappa shape index (κ3) is 5.86. The Labute approximate surface area is 188 Å². The smallest absolute Gasteiger partial charge is 0.270 e. The topological polar surface area (TPSA) is 102 Å². The Kier molecular flexibility index (Phi) is 8.64. The SMILES string of the molecule is COC1CN(c2ccc(C(=O)N[C@H](COCCF)C(C)C)nc2OCC2(CO)COC2)C1. The molecule has 0 saturated carbocycles. The summed E-state index contributed by atoms with van der Waals surface area (Å²) >= 11 is 0. The zero-order chi connectivity index (χ0) is 23.1. The zero-order valence-electron chi connectivity index (χ0n) is 19.0. The number of hydrogen-bond donors (Lipinski definition) is 2. The van der Waals surface area contributed by atoms with Gasteiger partial charge in [0.25, 0.3) is 5.91 Å². The van der Waals surface area contributed by atoms with E-state index in [1.165, 1.54) is 0 Å². The average molecular weight is 456 g/mol. The molecular weight excluding hydrogens is 421 g/mol. The highest BCUT2D eigenvalue weighted by molar-refractivity contribution is 5.93. The second kappa shape index (κ2) is 11.2. The largest absolute Gasteiger partial charge is 0.475 e. The average Bonchev–Trinajstić information content (AvgIpc) is 2.72. The van der Waals surface area contributed by atoms with Crippen molar-refractivity contribution in [3.05, 3.63) is 17.8 Å². The predicted octanol–water partition coefficient (Wildman–Crippen LogP) is 1.04. The first-order valence-electron chi connectivity index (χ1n) is 11.0. The molecule has 0 radical (unpaired) electrons. The predicted molar refractivity (Wildman–Crippen MR) is 116 cm³/mol. The van der Waals surface area contributed by atoms with Crippen LogP contribution in [-0.4, -0.2) is 94.7 Å². The van der Waals surface area contributed by atoms with E-state index in [0.717, 1.165) is 5.69 Å². The third-order valence-corrected chi connectivity index (χ3v) is 5.90. The second-order valence-electron chi connectivity index (χ2n) is 8.81. The summed E-state index contributed by atoms with van der Waals surface area (Å²) in [7, 11) is 1.68. The molecule has 1 atom stereocenters. The lowest BCUT2D eigenvalue weighted by molar-refractivity contribution is -0.153. The summed E-state index contributed by atoms with van der Waals surface area (Å²) in [5, 5.41) is 12.6. The van der Waals surface area contributed by atoms with Crippen molar-refractivity contribution in [2.75, 3.05) is 71.4 Å². The Morgan fingerprint density at radius 2 is 2.16 bits per heavy atom. The number of halogens is 1. The standard InChI is InChI=1S/C22H34FN3O6/c1-15(2)18(10-30-7-6-23)24-20(28)17-4-5-19(26-8-16(9-26)29-3)21(25-17)32-14-22(11-27)12-31-13-22/h4-5,15-16,18,27H,6-14H2,1-3H3,(H,24,28)/t18-/m1/s1. The number of pyridine rings is 1. The number of aromatic nitrogens is 1. The van der Waals surface area contributed by atoms with E-state index in [0.29, 0.717) is 32.2 Å². The number of hydrogen-bond acceptors (Lipinski definition) is 8. The zero-order valence-corrected chi connectivity index (χ0v) is 19.0. The van der Waals surface area contributed by atoms with Crippen molar-refractivity contribution in [1.29, 1.82) is 0 Å². The van der Waals surface area contributed by atoms with Crippen molar-refractivity contribution in [2.45, 2.75) is 26.0 Å². The molecule has 1 aromatic rings. The monoisotopic (exact) mass is 455 g/mol. The molecule has 1 aromatic heterocycles. The number of ether oxygens (including phenoxy) is 4. The van der Waals surface area contributed by atoms with E-state index in [1.807, 2.05) is 19.9 Å². The number of amides is 1. The van der Waals surface area contributed by atoms with Crippen LogP contribution in [0.25, 0.3) is 0 Å². The Morgan fingerprint density at radius 1 is 1.41 bits per heavy atom. The van der Waals surface area contributed by atoms with Crippen LogP contribution in [0.2, 0.25) is 0 Å².